The van der Waals surface area contributed by atoms with E-state index in [4.69, 9.17) is 14.2 Å². The first kappa shape index (κ1) is 20.3. The van der Waals surface area contributed by atoms with Gasteiger partial charge in [0, 0.05) is 0 Å². The molecule has 5 nitrogen and oxygen atoms in total. The molecule has 1 N–H and O–H groups in total. The van der Waals surface area contributed by atoms with Crippen LogP contribution in [0.25, 0.3) is 0 Å². The fourth-order valence-corrected chi connectivity index (χ4v) is 3.02. The molecule has 0 saturated heterocycles. The molecule has 0 saturated carbocycles. The van der Waals surface area contributed by atoms with Crippen molar-refractivity contribution in [2.45, 2.75) is 12.3 Å². The molecule has 0 aromatic heterocycles. The molecule has 1 atom stereocenters. The Kier molecular flexibility index (Phi) is 7.11. The average molecular weight is 392 g/mol. The third kappa shape index (κ3) is 6.01. The first-order valence-electron chi connectivity index (χ1n) is 9.42. The number of carboxylic acids is 1. The summed E-state index contributed by atoms with van der Waals surface area (Å²) in [7, 11) is 1.58. The number of carboxylic acid groups (broad SMARTS) is 1. The highest BCUT2D eigenvalue weighted by Crippen LogP contribution is 2.25. The summed E-state index contributed by atoms with van der Waals surface area (Å²) in [6.07, 6.45) is 0.374. The van der Waals surface area contributed by atoms with Crippen LogP contribution >= 0.6 is 0 Å². The summed E-state index contributed by atoms with van der Waals surface area (Å²) in [5, 5.41) is 9.69. The minimum Gasteiger partial charge on any atom is -0.497 e. The van der Waals surface area contributed by atoms with Crippen molar-refractivity contribution >= 4 is 5.97 Å². The van der Waals surface area contributed by atoms with Crippen molar-refractivity contribution in [1.82, 2.24) is 0 Å². The maximum absolute atomic E-state index is 11.8. The number of carbonyl (C=O) groups is 1. The Morgan fingerprint density at radius 2 is 1.48 bits per heavy atom. The highest BCUT2D eigenvalue weighted by molar-refractivity contribution is 5.76. The van der Waals surface area contributed by atoms with Gasteiger partial charge in [-0.3, -0.25) is 4.79 Å². The van der Waals surface area contributed by atoms with Gasteiger partial charge in [-0.1, -0.05) is 42.5 Å². The summed E-state index contributed by atoms with van der Waals surface area (Å²) in [4.78, 5) is 11.8. The van der Waals surface area contributed by atoms with Crippen LogP contribution in [0.1, 0.15) is 17.0 Å². The third-order valence-electron chi connectivity index (χ3n) is 4.52. The van der Waals surface area contributed by atoms with Crippen molar-refractivity contribution in [1.29, 1.82) is 0 Å². The Morgan fingerprint density at radius 3 is 2.14 bits per heavy atom. The van der Waals surface area contributed by atoms with E-state index in [1.54, 1.807) is 31.4 Å². The quantitative estimate of drug-likeness (QED) is 0.512. The second-order valence-electron chi connectivity index (χ2n) is 6.53. The summed E-state index contributed by atoms with van der Waals surface area (Å²) >= 11 is 0. The normalized spacial score (nSPS) is 11.5. The smallest absolute Gasteiger partial charge is 0.311 e. The first-order valence-corrected chi connectivity index (χ1v) is 9.42. The molecule has 150 valence electrons. The number of ether oxygens (including phenoxy) is 3. The molecule has 5 heteroatoms. The van der Waals surface area contributed by atoms with E-state index in [1.807, 2.05) is 54.6 Å². The van der Waals surface area contributed by atoms with Gasteiger partial charge in [-0.05, 0) is 53.9 Å². The lowest BCUT2D eigenvalue weighted by Gasteiger charge is -2.14. The standard InChI is InChI=1S/C24H24O5/c1-27-20-12-10-19(11-13-20)23(24(25)26)17-18-6-5-9-22(16-18)29-15-14-28-21-7-3-2-4-8-21/h2-13,16,23H,14-15,17H2,1H3,(H,25,26). The summed E-state index contributed by atoms with van der Waals surface area (Å²) in [5.74, 6) is 0.688. The lowest BCUT2D eigenvalue weighted by atomic mass is 9.92. The second kappa shape index (κ2) is 10.2. The molecular formula is C24H24O5. The molecule has 0 fully saturated rings. The van der Waals surface area contributed by atoms with Gasteiger partial charge >= 0.3 is 5.97 Å². The van der Waals surface area contributed by atoms with Crippen molar-refractivity contribution < 1.29 is 24.1 Å². The van der Waals surface area contributed by atoms with Crippen LogP contribution in [0.5, 0.6) is 17.2 Å². The molecule has 0 spiro atoms. The minimum atomic E-state index is -0.863. The van der Waals surface area contributed by atoms with Crippen molar-refractivity contribution in [3.8, 4) is 17.2 Å². The maximum atomic E-state index is 11.8. The number of hydrogen-bond acceptors (Lipinski definition) is 4. The monoisotopic (exact) mass is 392 g/mol. The van der Waals surface area contributed by atoms with E-state index in [-0.39, 0.29) is 0 Å². The molecule has 0 amide bonds. The van der Waals surface area contributed by atoms with Crippen LogP contribution in [0.4, 0.5) is 0 Å². The van der Waals surface area contributed by atoms with Gasteiger partial charge in [0.15, 0.2) is 0 Å². The number of aliphatic carboxylic acids is 1. The Balaban J connectivity index is 1.59. The Bertz CT molecular complexity index is 906. The van der Waals surface area contributed by atoms with Gasteiger partial charge in [-0.25, -0.2) is 0 Å². The zero-order valence-corrected chi connectivity index (χ0v) is 16.3. The van der Waals surface area contributed by atoms with E-state index in [0.29, 0.717) is 31.1 Å². The lowest BCUT2D eigenvalue weighted by Crippen LogP contribution is -2.14. The van der Waals surface area contributed by atoms with Gasteiger partial charge in [0.2, 0.25) is 0 Å². The van der Waals surface area contributed by atoms with Crippen LogP contribution in [-0.4, -0.2) is 31.4 Å². The number of methoxy groups -OCH3 is 1. The summed E-state index contributed by atoms with van der Waals surface area (Å²) in [6.45, 7) is 0.830. The van der Waals surface area contributed by atoms with E-state index in [2.05, 4.69) is 0 Å². The molecule has 0 radical (unpaired) electrons. The Hall–Kier alpha value is -3.47. The summed E-state index contributed by atoms with van der Waals surface area (Å²) < 4.78 is 16.5. The van der Waals surface area contributed by atoms with Gasteiger partial charge in [-0.15, -0.1) is 0 Å². The van der Waals surface area contributed by atoms with Crippen molar-refractivity contribution in [2.75, 3.05) is 20.3 Å². The molecule has 0 heterocycles. The molecule has 3 aromatic carbocycles. The van der Waals surface area contributed by atoms with Crippen LogP contribution in [0, 0.1) is 0 Å². The van der Waals surface area contributed by atoms with E-state index >= 15 is 0 Å². The van der Waals surface area contributed by atoms with Crippen LogP contribution in [-0.2, 0) is 11.2 Å². The van der Waals surface area contributed by atoms with Gasteiger partial charge in [0.1, 0.15) is 30.5 Å². The van der Waals surface area contributed by atoms with E-state index in [1.165, 1.54) is 0 Å². The third-order valence-corrected chi connectivity index (χ3v) is 4.52. The Labute approximate surface area is 170 Å². The number of benzene rings is 3. The van der Waals surface area contributed by atoms with Gasteiger partial charge in [-0.2, -0.15) is 0 Å². The Morgan fingerprint density at radius 1 is 0.828 bits per heavy atom. The van der Waals surface area contributed by atoms with E-state index in [0.717, 1.165) is 16.9 Å². The zero-order valence-electron chi connectivity index (χ0n) is 16.3. The van der Waals surface area contributed by atoms with E-state index in [9.17, 15) is 9.90 Å². The molecule has 3 aromatic rings. The van der Waals surface area contributed by atoms with Crippen LogP contribution < -0.4 is 14.2 Å². The van der Waals surface area contributed by atoms with Crippen molar-refractivity contribution in [3.05, 3.63) is 90.0 Å². The number of rotatable bonds is 10. The molecular weight excluding hydrogens is 368 g/mol. The van der Waals surface area contributed by atoms with Gasteiger partial charge < -0.3 is 19.3 Å². The first-order chi connectivity index (χ1) is 14.2. The zero-order chi connectivity index (χ0) is 20.5. The fourth-order valence-electron chi connectivity index (χ4n) is 3.02. The fraction of sp³-hybridized carbons (Fsp3) is 0.208. The predicted molar refractivity (Wildman–Crippen MR) is 111 cm³/mol. The van der Waals surface area contributed by atoms with Gasteiger partial charge in [0.05, 0.1) is 13.0 Å². The summed E-state index contributed by atoms with van der Waals surface area (Å²) in [5.41, 5.74) is 1.63. The van der Waals surface area contributed by atoms with Crippen LogP contribution in [0.15, 0.2) is 78.9 Å². The molecule has 0 aliphatic rings. The maximum Gasteiger partial charge on any atom is 0.311 e. The number of para-hydroxylation sites is 1. The highest BCUT2D eigenvalue weighted by atomic mass is 16.5. The predicted octanol–water partition coefficient (Wildman–Crippen LogP) is 4.56. The molecule has 0 aliphatic heterocycles. The topological polar surface area (TPSA) is 65.0 Å². The highest BCUT2D eigenvalue weighted by Gasteiger charge is 2.20. The largest absolute Gasteiger partial charge is 0.497 e. The average Bonchev–Trinajstić information content (AvgIpc) is 2.76. The van der Waals surface area contributed by atoms with Crippen molar-refractivity contribution in [3.63, 3.8) is 0 Å². The second-order valence-corrected chi connectivity index (χ2v) is 6.53. The SMILES string of the molecule is COc1ccc(C(Cc2cccc(OCCOc3ccccc3)c2)C(=O)O)cc1. The van der Waals surface area contributed by atoms with E-state index < -0.39 is 11.9 Å². The molecule has 1 unspecified atom stereocenters. The summed E-state index contributed by atoms with van der Waals surface area (Å²) in [6, 6.07) is 24.2. The number of hydrogen-bond donors (Lipinski definition) is 1. The molecule has 3 rings (SSSR count). The molecule has 0 bridgehead atoms. The van der Waals surface area contributed by atoms with Crippen LogP contribution in [0.2, 0.25) is 0 Å². The molecule has 0 aliphatic carbocycles. The van der Waals surface area contributed by atoms with Crippen molar-refractivity contribution in [2.24, 2.45) is 0 Å². The molecule has 29 heavy (non-hydrogen) atoms. The van der Waals surface area contributed by atoms with Gasteiger partial charge in [0.25, 0.3) is 0 Å². The minimum absolute atomic E-state index is 0.374. The van der Waals surface area contributed by atoms with Crippen LogP contribution in [0.3, 0.4) is 0 Å². The lowest BCUT2D eigenvalue weighted by molar-refractivity contribution is -0.138.